The number of nitrogens with zero attached hydrogens (tertiary/aromatic N) is 1. The van der Waals surface area contributed by atoms with Crippen LogP contribution >= 0.6 is 11.3 Å². The minimum atomic E-state index is -0.164. The maximum Gasteiger partial charge on any atom is 0.251 e. The Labute approximate surface area is 145 Å². The number of rotatable bonds is 5. The number of carbonyl (C=O) groups is 2. The molecule has 1 aromatic heterocycles. The maximum absolute atomic E-state index is 12.1. The van der Waals surface area contributed by atoms with Crippen LogP contribution in [0.25, 0.3) is 6.08 Å². The number of hydrogen-bond donors (Lipinski definition) is 2. The van der Waals surface area contributed by atoms with Gasteiger partial charge in [0, 0.05) is 23.6 Å². The van der Waals surface area contributed by atoms with Gasteiger partial charge in [0.1, 0.15) is 0 Å². The fourth-order valence-corrected chi connectivity index (χ4v) is 3.27. The van der Waals surface area contributed by atoms with Gasteiger partial charge < -0.3 is 10.6 Å². The molecule has 2 amide bonds. The lowest BCUT2D eigenvalue weighted by molar-refractivity contribution is -0.117. The van der Waals surface area contributed by atoms with Crippen LogP contribution in [0.3, 0.4) is 0 Å². The quantitative estimate of drug-likeness (QED) is 0.820. The molecule has 0 aliphatic rings. The van der Waals surface area contributed by atoms with Crippen LogP contribution in [0.5, 0.6) is 0 Å². The van der Waals surface area contributed by atoms with Crippen molar-refractivity contribution in [1.29, 1.82) is 0 Å². The summed E-state index contributed by atoms with van der Waals surface area (Å²) in [5.41, 5.74) is 2.40. The fourth-order valence-electron chi connectivity index (χ4n) is 2.34. The van der Waals surface area contributed by atoms with Gasteiger partial charge in [-0.1, -0.05) is 12.1 Å². The molecule has 0 bridgehead atoms. The van der Waals surface area contributed by atoms with E-state index < -0.39 is 0 Å². The SMILES string of the molecule is CNC(=O)c1ccc(/C=C/C(=O)NC(C)c2sc(C)nc2C)cc1. The summed E-state index contributed by atoms with van der Waals surface area (Å²) in [5, 5.41) is 6.50. The van der Waals surface area contributed by atoms with E-state index in [-0.39, 0.29) is 17.9 Å². The summed E-state index contributed by atoms with van der Waals surface area (Å²) >= 11 is 1.60. The zero-order chi connectivity index (χ0) is 17.7. The number of aryl methyl sites for hydroxylation is 2. The van der Waals surface area contributed by atoms with E-state index in [0.29, 0.717) is 5.56 Å². The van der Waals surface area contributed by atoms with Gasteiger partial charge in [0.2, 0.25) is 5.91 Å². The van der Waals surface area contributed by atoms with Gasteiger partial charge in [-0.25, -0.2) is 4.98 Å². The molecule has 5 nitrogen and oxygen atoms in total. The normalized spacial score (nSPS) is 12.2. The highest BCUT2D eigenvalue weighted by atomic mass is 32.1. The van der Waals surface area contributed by atoms with Crippen molar-refractivity contribution in [3.63, 3.8) is 0 Å². The number of nitrogens with one attached hydrogen (secondary N) is 2. The molecule has 0 aliphatic heterocycles. The molecular weight excluding hydrogens is 322 g/mol. The predicted octanol–water partition coefficient (Wildman–Crippen LogP) is 3.01. The second-order valence-corrected chi connectivity index (χ2v) is 6.68. The Morgan fingerprint density at radius 1 is 1.21 bits per heavy atom. The van der Waals surface area contributed by atoms with E-state index >= 15 is 0 Å². The summed E-state index contributed by atoms with van der Waals surface area (Å²) in [6.07, 6.45) is 3.22. The first kappa shape index (κ1) is 17.9. The van der Waals surface area contributed by atoms with Crippen LogP contribution in [0.2, 0.25) is 0 Å². The van der Waals surface area contributed by atoms with Crippen molar-refractivity contribution < 1.29 is 9.59 Å². The van der Waals surface area contributed by atoms with Crippen LogP contribution in [-0.4, -0.2) is 23.8 Å². The Morgan fingerprint density at radius 2 is 1.88 bits per heavy atom. The van der Waals surface area contributed by atoms with Gasteiger partial charge in [0.15, 0.2) is 0 Å². The Morgan fingerprint density at radius 3 is 2.42 bits per heavy atom. The molecule has 6 heteroatoms. The Bertz CT molecular complexity index is 763. The lowest BCUT2D eigenvalue weighted by atomic mass is 10.1. The first-order chi connectivity index (χ1) is 11.4. The predicted molar refractivity (Wildman–Crippen MR) is 97.0 cm³/mol. The highest BCUT2D eigenvalue weighted by molar-refractivity contribution is 7.11. The highest BCUT2D eigenvalue weighted by Crippen LogP contribution is 2.24. The largest absolute Gasteiger partial charge is 0.355 e. The van der Waals surface area contributed by atoms with Gasteiger partial charge in [-0.3, -0.25) is 9.59 Å². The summed E-state index contributed by atoms with van der Waals surface area (Å²) in [6, 6.07) is 6.97. The molecular formula is C18H21N3O2S. The molecule has 0 saturated carbocycles. The van der Waals surface area contributed by atoms with Gasteiger partial charge in [-0.2, -0.15) is 0 Å². The number of hydrogen-bond acceptors (Lipinski definition) is 4. The Kier molecular flexibility index (Phi) is 5.87. The standard InChI is InChI=1S/C18H21N3O2S/c1-11-17(24-13(3)20-11)12(2)21-16(22)10-7-14-5-8-15(9-6-14)18(23)19-4/h5-10,12H,1-4H3,(H,19,23)(H,21,22)/b10-7+. The molecule has 2 aromatic rings. The first-order valence-corrected chi connectivity index (χ1v) is 8.47. The van der Waals surface area contributed by atoms with Crippen molar-refractivity contribution in [2.24, 2.45) is 0 Å². The van der Waals surface area contributed by atoms with Crippen molar-refractivity contribution in [3.8, 4) is 0 Å². The minimum Gasteiger partial charge on any atom is -0.355 e. The number of aromatic nitrogens is 1. The molecule has 2 N–H and O–H groups in total. The zero-order valence-corrected chi connectivity index (χ0v) is 15.0. The van der Waals surface area contributed by atoms with Gasteiger partial charge in [0.05, 0.1) is 16.7 Å². The Balaban J connectivity index is 1.97. The average molecular weight is 343 g/mol. The number of carbonyl (C=O) groups excluding carboxylic acids is 2. The minimum absolute atomic E-state index is 0.0797. The van der Waals surface area contributed by atoms with E-state index in [1.54, 1.807) is 48.7 Å². The third kappa shape index (κ3) is 4.52. The number of benzene rings is 1. The molecule has 2 rings (SSSR count). The third-order valence-corrected chi connectivity index (χ3v) is 4.77. The van der Waals surface area contributed by atoms with Crippen LogP contribution in [0.15, 0.2) is 30.3 Å². The van der Waals surface area contributed by atoms with E-state index in [0.717, 1.165) is 21.1 Å². The lowest BCUT2D eigenvalue weighted by Gasteiger charge is -2.11. The topological polar surface area (TPSA) is 71.1 Å². The summed E-state index contributed by atoms with van der Waals surface area (Å²) in [6.45, 7) is 5.85. The van der Waals surface area contributed by atoms with E-state index in [1.807, 2.05) is 20.8 Å². The zero-order valence-electron chi connectivity index (χ0n) is 14.2. The van der Waals surface area contributed by atoms with Gasteiger partial charge in [-0.05, 0) is 44.5 Å². The first-order valence-electron chi connectivity index (χ1n) is 7.65. The van der Waals surface area contributed by atoms with Crippen LogP contribution in [0, 0.1) is 13.8 Å². The fraction of sp³-hybridized carbons (Fsp3) is 0.278. The highest BCUT2D eigenvalue weighted by Gasteiger charge is 2.14. The summed E-state index contributed by atoms with van der Waals surface area (Å²) in [5.74, 6) is -0.296. The second-order valence-electron chi connectivity index (χ2n) is 5.45. The average Bonchev–Trinajstić information content (AvgIpc) is 2.91. The van der Waals surface area contributed by atoms with Crippen molar-refractivity contribution in [2.75, 3.05) is 7.05 Å². The van der Waals surface area contributed by atoms with Gasteiger partial charge in [0.25, 0.3) is 5.91 Å². The summed E-state index contributed by atoms with van der Waals surface area (Å²) in [4.78, 5) is 29.0. The summed E-state index contributed by atoms with van der Waals surface area (Å²) in [7, 11) is 1.59. The van der Waals surface area contributed by atoms with E-state index in [4.69, 9.17) is 0 Å². The van der Waals surface area contributed by atoms with Crippen LogP contribution in [0.4, 0.5) is 0 Å². The van der Waals surface area contributed by atoms with Crippen molar-refractivity contribution in [1.82, 2.24) is 15.6 Å². The molecule has 1 heterocycles. The van der Waals surface area contributed by atoms with Crippen LogP contribution in [0.1, 0.15) is 44.5 Å². The van der Waals surface area contributed by atoms with Crippen molar-refractivity contribution >= 4 is 29.2 Å². The molecule has 0 radical (unpaired) electrons. The smallest absolute Gasteiger partial charge is 0.251 e. The third-order valence-electron chi connectivity index (χ3n) is 3.52. The molecule has 1 unspecified atom stereocenters. The van der Waals surface area contributed by atoms with E-state index in [2.05, 4.69) is 15.6 Å². The van der Waals surface area contributed by atoms with Crippen LogP contribution in [-0.2, 0) is 4.79 Å². The van der Waals surface area contributed by atoms with Crippen LogP contribution < -0.4 is 10.6 Å². The lowest BCUT2D eigenvalue weighted by Crippen LogP contribution is -2.24. The molecule has 0 saturated heterocycles. The van der Waals surface area contributed by atoms with E-state index in [1.165, 1.54) is 6.08 Å². The van der Waals surface area contributed by atoms with Crippen molar-refractivity contribution in [3.05, 3.63) is 57.0 Å². The van der Waals surface area contributed by atoms with E-state index in [9.17, 15) is 9.59 Å². The Hall–Kier alpha value is -2.47. The molecule has 0 spiro atoms. The molecule has 0 fully saturated rings. The molecule has 1 aromatic carbocycles. The molecule has 24 heavy (non-hydrogen) atoms. The number of thiazole rings is 1. The van der Waals surface area contributed by atoms with Gasteiger partial charge >= 0.3 is 0 Å². The maximum atomic E-state index is 12.1. The van der Waals surface area contributed by atoms with Crippen molar-refractivity contribution in [2.45, 2.75) is 26.8 Å². The molecule has 1 atom stereocenters. The monoisotopic (exact) mass is 343 g/mol. The molecule has 126 valence electrons. The van der Waals surface area contributed by atoms with Gasteiger partial charge in [-0.15, -0.1) is 11.3 Å². The molecule has 0 aliphatic carbocycles. The second kappa shape index (κ2) is 7.88. The number of amides is 2. The summed E-state index contributed by atoms with van der Waals surface area (Å²) < 4.78 is 0.